The lowest BCUT2D eigenvalue weighted by Gasteiger charge is -2.21. The van der Waals surface area contributed by atoms with Crippen LogP contribution in [0.2, 0.25) is 0 Å². The molecular weight excluding hydrogens is 212 g/mol. The summed E-state index contributed by atoms with van der Waals surface area (Å²) < 4.78 is 5.12. The third kappa shape index (κ3) is 3.49. The Balaban J connectivity index is 2.54. The largest absolute Gasteiger partial charge is 0.493 e. The lowest BCUT2D eigenvalue weighted by molar-refractivity contribution is 0.0263. The van der Waals surface area contributed by atoms with Crippen LogP contribution in [-0.2, 0) is 14.4 Å². The zero-order valence-corrected chi connectivity index (χ0v) is 9.26. The maximum absolute atomic E-state index is 9.53. The van der Waals surface area contributed by atoms with E-state index in [1.165, 1.54) is 0 Å². The van der Waals surface area contributed by atoms with Crippen molar-refractivity contribution < 1.29 is 19.5 Å². The number of nitrogens with two attached hydrogens (primary N) is 2. The molecule has 2 atom stereocenters. The molecule has 0 spiro atoms. The van der Waals surface area contributed by atoms with Gasteiger partial charge in [-0.1, -0.05) is 0 Å². The predicted octanol–water partition coefficient (Wildman–Crippen LogP) is -0.0479. The minimum atomic E-state index is -0.585. The first kappa shape index (κ1) is 13.0. The minimum Gasteiger partial charge on any atom is -0.493 e. The highest BCUT2D eigenvalue weighted by Crippen LogP contribution is 2.26. The molecule has 0 heterocycles. The summed E-state index contributed by atoms with van der Waals surface area (Å²) in [5, 5.41) is 9.53. The summed E-state index contributed by atoms with van der Waals surface area (Å²) in [5.41, 5.74) is 0. The maximum atomic E-state index is 9.53. The number of ether oxygens (including phenoxy) is 1. The molecule has 0 aromatic heterocycles. The van der Waals surface area contributed by atoms with Gasteiger partial charge in [0.1, 0.15) is 0 Å². The molecule has 0 aliphatic heterocycles. The summed E-state index contributed by atoms with van der Waals surface area (Å²) in [6.45, 7) is 0.122. The molecule has 0 radical (unpaired) electrons. The zero-order chi connectivity index (χ0) is 12.0. The second-order valence-electron chi connectivity index (χ2n) is 3.64. The lowest BCUT2D eigenvalue weighted by Crippen LogP contribution is -2.22. The Morgan fingerprint density at radius 1 is 1.50 bits per heavy atom. The average Bonchev–Trinajstić information content (AvgIpc) is 2.29. The first-order valence-electron chi connectivity index (χ1n) is 5.04. The zero-order valence-electron chi connectivity index (χ0n) is 9.26. The fourth-order valence-electron chi connectivity index (χ4n) is 1.69. The Labute approximate surface area is 94.4 Å². The quantitative estimate of drug-likeness (QED) is 0.553. The van der Waals surface area contributed by atoms with Gasteiger partial charge < -0.3 is 19.5 Å². The van der Waals surface area contributed by atoms with Crippen LogP contribution in [0.4, 0.5) is 0 Å². The van der Waals surface area contributed by atoms with Crippen LogP contribution >= 0.6 is 0 Å². The molecule has 1 rings (SSSR count). The molecule has 16 heavy (non-hydrogen) atoms. The third-order valence-corrected chi connectivity index (χ3v) is 2.45. The standard InChI is InChI=1S/C10H18N2O4/c1-14-10-5-7(2-3-9(10)16-12)4-8(13)6-15-11/h3,5,7-8,13H,2,4,6,11-12H2,1H3. The van der Waals surface area contributed by atoms with Crippen molar-refractivity contribution in [1.82, 2.24) is 0 Å². The number of aliphatic hydroxyl groups is 1. The van der Waals surface area contributed by atoms with Crippen LogP contribution in [0, 0.1) is 5.92 Å². The number of methoxy groups -OCH3 is 1. The van der Waals surface area contributed by atoms with Gasteiger partial charge in [-0.2, -0.15) is 5.90 Å². The molecule has 1 aliphatic carbocycles. The molecule has 2 unspecified atom stereocenters. The number of aliphatic hydroxyl groups excluding tert-OH is 1. The van der Waals surface area contributed by atoms with E-state index < -0.39 is 6.10 Å². The SMILES string of the molecule is COC1=CC(CC(O)CON)CC=C1ON. The van der Waals surface area contributed by atoms with Gasteiger partial charge in [0.05, 0.1) is 19.8 Å². The molecule has 0 saturated heterocycles. The third-order valence-electron chi connectivity index (χ3n) is 2.45. The van der Waals surface area contributed by atoms with Crippen molar-refractivity contribution in [3.05, 3.63) is 23.7 Å². The van der Waals surface area contributed by atoms with Gasteiger partial charge >= 0.3 is 0 Å². The topological polar surface area (TPSA) is 100.0 Å². The highest BCUT2D eigenvalue weighted by molar-refractivity contribution is 5.25. The first-order valence-corrected chi connectivity index (χ1v) is 5.04. The van der Waals surface area contributed by atoms with E-state index in [1.807, 2.05) is 12.2 Å². The van der Waals surface area contributed by atoms with Gasteiger partial charge in [0.15, 0.2) is 11.5 Å². The number of allylic oxidation sites excluding steroid dienone is 2. The molecule has 92 valence electrons. The lowest BCUT2D eigenvalue weighted by atomic mass is 9.93. The van der Waals surface area contributed by atoms with Crippen LogP contribution in [0.5, 0.6) is 0 Å². The van der Waals surface area contributed by atoms with E-state index in [2.05, 4.69) is 9.68 Å². The van der Waals surface area contributed by atoms with Gasteiger partial charge in [-0.15, -0.1) is 0 Å². The molecule has 0 aromatic rings. The van der Waals surface area contributed by atoms with Crippen molar-refractivity contribution in [1.29, 1.82) is 0 Å². The molecular formula is C10H18N2O4. The van der Waals surface area contributed by atoms with E-state index >= 15 is 0 Å². The highest BCUT2D eigenvalue weighted by atomic mass is 16.6. The summed E-state index contributed by atoms with van der Waals surface area (Å²) in [5.74, 6) is 11.2. The number of rotatable bonds is 6. The minimum absolute atomic E-state index is 0.122. The van der Waals surface area contributed by atoms with Crippen LogP contribution in [0.25, 0.3) is 0 Å². The fourth-order valence-corrected chi connectivity index (χ4v) is 1.69. The summed E-state index contributed by atoms with van der Waals surface area (Å²) in [4.78, 5) is 9.03. The van der Waals surface area contributed by atoms with E-state index in [-0.39, 0.29) is 12.5 Å². The van der Waals surface area contributed by atoms with Crippen LogP contribution in [-0.4, -0.2) is 24.9 Å². The van der Waals surface area contributed by atoms with Crippen molar-refractivity contribution in [2.75, 3.05) is 13.7 Å². The maximum Gasteiger partial charge on any atom is 0.184 e. The molecule has 0 bridgehead atoms. The van der Waals surface area contributed by atoms with Gasteiger partial charge in [0.25, 0.3) is 0 Å². The first-order chi connectivity index (χ1) is 7.71. The molecule has 1 aliphatic rings. The second kappa shape index (κ2) is 6.49. The summed E-state index contributed by atoms with van der Waals surface area (Å²) >= 11 is 0. The molecule has 0 fully saturated rings. The Hall–Kier alpha value is -1.08. The van der Waals surface area contributed by atoms with Crippen molar-refractivity contribution in [3.8, 4) is 0 Å². The number of hydrogen-bond donors (Lipinski definition) is 3. The van der Waals surface area contributed by atoms with Crippen molar-refractivity contribution in [2.45, 2.75) is 18.9 Å². The van der Waals surface area contributed by atoms with Gasteiger partial charge in [-0.3, -0.25) is 0 Å². The Kier molecular flexibility index (Phi) is 5.27. The van der Waals surface area contributed by atoms with Crippen LogP contribution in [0.3, 0.4) is 0 Å². The normalized spacial score (nSPS) is 22.1. The fraction of sp³-hybridized carbons (Fsp3) is 0.600. The molecule has 6 heteroatoms. The van der Waals surface area contributed by atoms with Gasteiger partial charge in [0, 0.05) is 0 Å². The van der Waals surface area contributed by atoms with E-state index in [0.717, 1.165) is 6.42 Å². The van der Waals surface area contributed by atoms with Crippen LogP contribution in [0.1, 0.15) is 12.8 Å². The molecule has 6 nitrogen and oxygen atoms in total. The van der Waals surface area contributed by atoms with Crippen molar-refractivity contribution in [3.63, 3.8) is 0 Å². The van der Waals surface area contributed by atoms with E-state index in [9.17, 15) is 5.11 Å². The van der Waals surface area contributed by atoms with E-state index in [0.29, 0.717) is 17.9 Å². The number of hydrogen-bond acceptors (Lipinski definition) is 6. The Morgan fingerprint density at radius 2 is 2.25 bits per heavy atom. The van der Waals surface area contributed by atoms with Crippen molar-refractivity contribution in [2.24, 2.45) is 17.7 Å². The van der Waals surface area contributed by atoms with Gasteiger partial charge in [0.2, 0.25) is 0 Å². The summed E-state index contributed by atoms with van der Waals surface area (Å²) in [6.07, 6.45) is 4.42. The van der Waals surface area contributed by atoms with Crippen molar-refractivity contribution >= 4 is 0 Å². The average molecular weight is 230 g/mol. The highest BCUT2D eigenvalue weighted by Gasteiger charge is 2.20. The van der Waals surface area contributed by atoms with E-state index in [4.69, 9.17) is 16.5 Å². The molecule has 5 N–H and O–H groups in total. The second-order valence-corrected chi connectivity index (χ2v) is 3.64. The molecule has 0 saturated carbocycles. The Morgan fingerprint density at radius 3 is 2.81 bits per heavy atom. The monoisotopic (exact) mass is 230 g/mol. The smallest absolute Gasteiger partial charge is 0.184 e. The van der Waals surface area contributed by atoms with Gasteiger partial charge in [-0.25, -0.2) is 5.90 Å². The molecule has 0 amide bonds. The molecule has 0 aromatic carbocycles. The van der Waals surface area contributed by atoms with E-state index in [1.54, 1.807) is 7.11 Å². The Bertz CT molecular complexity index is 278. The van der Waals surface area contributed by atoms with Gasteiger partial charge in [-0.05, 0) is 30.9 Å². The summed E-state index contributed by atoms with van der Waals surface area (Å²) in [6, 6.07) is 0. The van der Waals surface area contributed by atoms with Crippen LogP contribution in [0.15, 0.2) is 23.7 Å². The predicted molar refractivity (Wildman–Crippen MR) is 57.3 cm³/mol. The summed E-state index contributed by atoms with van der Waals surface area (Å²) in [7, 11) is 1.54. The van der Waals surface area contributed by atoms with Crippen LogP contribution < -0.4 is 11.8 Å².